The number of nitrogens with two attached hydrogens (primary N) is 1. The molecule has 0 aliphatic carbocycles. The minimum atomic E-state index is 0.000756. The molecule has 17 heavy (non-hydrogen) atoms. The molecular weight excluding hydrogens is 242 g/mol. The van der Waals surface area contributed by atoms with Crippen molar-refractivity contribution in [2.45, 2.75) is 6.92 Å². The van der Waals surface area contributed by atoms with E-state index in [1.165, 1.54) is 7.11 Å². The molecule has 5 nitrogen and oxygen atoms in total. The van der Waals surface area contributed by atoms with Gasteiger partial charge in [-0.15, -0.1) is 0 Å². The van der Waals surface area contributed by atoms with Gasteiger partial charge in [-0.2, -0.15) is 5.10 Å². The number of hydrogen-bond donors (Lipinski definition) is 3. The third-order valence-electron chi connectivity index (χ3n) is 2.54. The van der Waals surface area contributed by atoms with Crippen LogP contribution in [0.25, 0.3) is 11.1 Å². The van der Waals surface area contributed by atoms with Crippen LogP contribution >= 0.6 is 11.6 Å². The Morgan fingerprint density at radius 3 is 2.76 bits per heavy atom. The van der Waals surface area contributed by atoms with E-state index >= 15 is 0 Å². The number of anilines is 1. The molecule has 0 aliphatic heterocycles. The van der Waals surface area contributed by atoms with Gasteiger partial charge in [0.2, 0.25) is 0 Å². The molecule has 1 heterocycles. The Hall–Kier alpha value is -1.88. The van der Waals surface area contributed by atoms with E-state index in [2.05, 4.69) is 10.2 Å². The van der Waals surface area contributed by atoms with Crippen LogP contribution in [-0.4, -0.2) is 22.4 Å². The summed E-state index contributed by atoms with van der Waals surface area (Å²) in [5.41, 5.74) is 7.94. The van der Waals surface area contributed by atoms with E-state index in [1.807, 2.05) is 6.92 Å². The number of hydrogen-bond acceptors (Lipinski definition) is 4. The van der Waals surface area contributed by atoms with Crippen LogP contribution < -0.4 is 10.5 Å². The minimum absolute atomic E-state index is 0.000756. The minimum Gasteiger partial charge on any atom is -0.504 e. The molecule has 0 radical (unpaired) electrons. The number of nitrogens with one attached hydrogen (secondary N) is 1. The number of nitrogens with zero attached hydrogens (tertiary/aromatic N) is 1. The highest BCUT2D eigenvalue weighted by Gasteiger charge is 2.18. The quantitative estimate of drug-likeness (QED) is 0.767. The molecule has 4 N–H and O–H groups in total. The first-order chi connectivity index (χ1) is 8.06. The van der Waals surface area contributed by atoms with Gasteiger partial charge in [0, 0.05) is 11.1 Å². The number of aryl methyl sites for hydroxylation is 1. The summed E-state index contributed by atoms with van der Waals surface area (Å²) in [7, 11) is 1.44. The Labute approximate surface area is 103 Å². The van der Waals surface area contributed by atoms with Crippen LogP contribution in [0.1, 0.15) is 5.56 Å². The molecule has 6 heteroatoms. The molecule has 90 valence electrons. The second kappa shape index (κ2) is 4.18. The third kappa shape index (κ3) is 1.78. The first-order valence-electron chi connectivity index (χ1n) is 4.91. The second-order valence-corrected chi connectivity index (χ2v) is 4.01. The Morgan fingerprint density at radius 1 is 1.53 bits per heavy atom. The molecule has 0 unspecified atom stereocenters. The number of benzene rings is 1. The average molecular weight is 254 g/mol. The molecule has 1 aromatic carbocycles. The van der Waals surface area contributed by atoms with Crippen LogP contribution in [0.3, 0.4) is 0 Å². The fourth-order valence-electron chi connectivity index (χ4n) is 1.76. The predicted octanol–water partition coefficient (Wildman–Crippen LogP) is 2.33. The number of aromatic amines is 1. The summed E-state index contributed by atoms with van der Waals surface area (Å²) in [4.78, 5) is 0. The summed E-state index contributed by atoms with van der Waals surface area (Å²) in [5.74, 6) is 0.649. The number of ether oxygens (including phenoxy) is 1. The van der Waals surface area contributed by atoms with Gasteiger partial charge in [0.05, 0.1) is 18.3 Å². The smallest absolute Gasteiger partial charge is 0.179 e. The summed E-state index contributed by atoms with van der Waals surface area (Å²) >= 11 is 6.20. The van der Waals surface area contributed by atoms with Crippen molar-refractivity contribution in [2.24, 2.45) is 0 Å². The fraction of sp³-hybridized carbons (Fsp3) is 0.182. The molecule has 0 saturated heterocycles. The highest BCUT2D eigenvalue weighted by atomic mass is 35.5. The topological polar surface area (TPSA) is 84.2 Å². The summed E-state index contributed by atoms with van der Waals surface area (Å²) in [5, 5.41) is 16.5. The number of nitrogen functional groups attached to an aromatic ring is 1. The zero-order valence-electron chi connectivity index (χ0n) is 9.41. The average Bonchev–Trinajstić information content (AvgIpc) is 2.65. The van der Waals surface area contributed by atoms with E-state index in [0.717, 1.165) is 5.56 Å². The van der Waals surface area contributed by atoms with Gasteiger partial charge in [-0.3, -0.25) is 5.10 Å². The van der Waals surface area contributed by atoms with Crippen LogP contribution in [0.4, 0.5) is 5.82 Å². The van der Waals surface area contributed by atoms with Gasteiger partial charge in [-0.1, -0.05) is 11.6 Å². The molecule has 0 spiro atoms. The molecule has 0 fully saturated rings. The Bertz CT molecular complexity index is 566. The second-order valence-electron chi connectivity index (χ2n) is 3.63. The molecule has 2 rings (SSSR count). The van der Waals surface area contributed by atoms with Gasteiger partial charge in [-0.25, -0.2) is 0 Å². The molecule has 0 saturated carbocycles. The lowest BCUT2D eigenvalue weighted by molar-refractivity contribution is 0.373. The van der Waals surface area contributed by atoms with Crippen molar-refractivity contribution >= 4 is 17.4 Å². The number of aromatic nitrogens is 2. The lowest BCUT2D eigenvalue weighted by Crippen LogP contribution is -1.94. The molecular formula is C11H12ClN3O2. The predicted molar refractivity (Wildman–Crippen MR) is 66.4 cm³/mol. The monoisotopic (exact) mass is 253 g/mol. The number of phenols is 1. The first kappa shape index (κ1) is 11.6. The number of H-pyrrole nitrogens is 1. The third-order valence-corrected chi connectivity index (χ3v) is 2.90. The van der Waals surface area contributed by atoms with Crippen LogP contribution in [0.2, 0.25) is 5.02 Å². The van der Waals surface area contributed by atoms with E-state index in [4.69, 9.17) is 22.1 Å². The molecule has 0 amide bonds. The number of rotatable bonds is 2. The maximum Gasteiger partial charge on any atom is 0.179 e. The van der Waals surface area contributed by atoms with E-state index in [0.29, 0.717) is 22.0 Å². The zero-order chi connectivity index (χ0) is 12.6. The van der Waals surface area contributed by atoms with Gasteiger partial charge in [0.1, 0.15) is 5.82 Å². The fourth-order valence-corrected chi connectivity index (χ4v) is 2.19. The Morgan fingerprint density at radius 2 is 2.24 bits per heavy atom. The van der Waals surface area contributed by atoms with Crippen molar-refractivity contribution in [3.05, 3.63) is 22.8 Å². The lowest BCUT2D eigenvalue weighted by Gasteiger charge is -2.13. The van der Waals surface area contributed by atoms with Crippen molar-refractivity contribution < 1.29 is 9.84 Å². The number of phenolic OH excluding ortho intramolecular Hbond substituents is 1. The van der Waals surface area contributed by atoms with Crippen molar-refractivity contribution in [3.63, 3.8) is 0 Å². The van der Waals surface area contributed by atoms with Crippen molar-refractivity contribution in [1.82, 2.24) is 10.2 Å². The maximum absolute atomic E-state index is 9.70. The lowest BCUT2D eigenvalue weighted by atomic mass is 10.0. The van der Waals surface area contributed by atoms with Crippen LogP contribution in [0.15, 0.2) is 12.3 Å². The van der Waals surface area contributed by atoms with Gasteiger partial charge in [-0.05, 0) is 18.6 Å². The number of aromatic hydroxyl groups is 1. The maximum atomic E-state index is 9.70. The molecule has 1 aromatic heterocycles. The first-order valence-corrected chi connectivity index (χ1v) is 5.29. The van der Waals surface area contributed by atoms with Crippen molar-refractivity contribution in [2.75, 3.05) is 12.8 Å². The van der Waals surface area contributed by atoms with E-state index in [1.54, 1.807) is 12.3 Å². The number of halogens is 1. The van der Waals surface area contributed by atoms with E-state index in [9.17, 15) is 5.11 Å². The van der Waals surface area contributed by atoms with Gasteiger partial charge in [0.25, 0.3) is 0 Å². The summed E-state index contributed by atoms with van der Waals surface area (Å²) < 4.78 is 5.06. The standard InChI is InChI=1S/C11H12ClN3O2/c1-5-3-7(16)10(17-2)9(12)8(5)6-4-14-15-11(6)13/h3-4,16H,1-2H3,(H3,13,14,15). The SMILES string of the molecule is COc1c(O)cc(C)c(-c2cn[nH]c2N)c1Cl. The van der Waals surface area contributed by atoms with Crippen molar-refractivity contribution in [1.29, 1.82) is 0 Å². The normalized spacial score (nSPS) is 10.5. The van der Waals surface area contributed by atoms with E-state index < -0.39 is 0 Å². The number of methoxy groups -OCH3 is 1. The van der Waals surface area contributed by atoms with Gasteiger partial charge >= 0.3 is 0 Å². The molecule has 0 aliphatic rings. The summed E-state index contributed by atoms with van der Waals surface area (Å²) in [6.45, 7) is 1.83. The molecule has 0 bridgehead atoms. The van der Waals surface area contributed by atoms with Gasteiger partial charge in [0.15, 0.2) is 11.5 Å². The summed E-state index contributed by atoms with van der Waals surface area (Å²) in [6, 6.07) is 1.58. The van der Waals surface area contributed by atoms with Crippen LogP contribution in [0, 0.1) is 6.92 Å². The highest BCUT2D eigenvalue weighted by molar-refractivity contribution is 6.35. The zero-order valence-corrected chi connectivity index (χ0v) is 10.2. The summed E-state index contributed by atoms with van der Waals surface area (Å²) in [6.07, 6.45) is 1.58. The van der Waals surface area contributed by atoms with Gasteiger partial charge < -0.3 is 15.6 Å². The molecule has 2 aromatic rings. The van der Waals surface area contributed by atoms with E-state index in [-0.39, 0.29) is 11.5 Å². The van der Waals surface area contributed by atoms with Crippen LogP contribution in [-0.2, 0) is 0 Å². The highest BCUT2D eigenvalue weighted by Crippen LogP contribution is 2.44. The molecule has 0 atom stereocenters. The van der Waals surface area contributed by atoms with Crippen LogP contribution in [0.5, 0.6) is 11.5 Å². The Balaban J connectivity index is 2.74. The van der Waals surface area contributed by atoms with Crippen molar-refractivity contribution in [3.8, 4) is 22.6 Å². The Kier molecular flexibility index (Phi) is 2.85. The largest absolute Gasteiger partial charge is 0.504 e.